The molecule has 0 atom stereocenters. The molecule has 1 aromatic carbocycles. The second-order valence-corrected chi connectivity index (χ2v) is 4.30. The van der Waals surface area contributed by atoms with E-state index in [2.05, 4.69) is 5.32 Å². The Labute approximate surface area is 110 Å². The average molecular weight is 268 g/mol. The fraction of sp³-hybridized carbons (Fsp3) is 0.231. The van der Waals surface area contributed by atoms with E-state index in [1.807, 2.05) is 0 Å². The summed E-state index contributed by atoms with van der Waals surface area (Å²) in [6.45, 7) is 3.22. The van der Waals surface area contributed by atoms with E-state index in [4.69, 9.17) is 16.7 Å². The number of amides is 1. The lowest BCUT2D eigenvalue weighted by molar-refractivity contribution is -0.133. The molecule has 1 rings (SSSR count). The van der Waals surface area contributed by atoms with Crippen molar-refractivity contribution in [2.24, 2.45) is 0 Å². The monoisotopic (exact) mass is 267 g/mol. The van der Waals surface area contributed by atoms with Crippen LogP contribution >= 0.6 is 11.6 Å². The molecule has 0 aromatic heterocycles. The molecule has 0 saturated heterocycles. The first kappa shape index (κ1) is 14.3. The zero-order valence-corrected chi connectivity index (χ0v) is 10.9. The Morgan fingerprint density at radius 1 is 1.17 bits per heavy atom. The van der Waals surface area contributed by atoms with Crippen molar-refractivity contribution in [3.63, 3.8) is 0 Å². The van der Waals surface area contributed by atoms with Gasteiger partial charge in [-0.1, -0.05) is 23.7 Å². The number of carbonyl (C=O) groups excluding carboxylic acids is 1. The van der Waals surface area contributed by atoms with Crippen LogP contribution in [0.1, 0.15) is 19.4 Å². The molecule has 0 fully saturated rings. The van der Waals surface area contributed by atoms with Crippen molar-refractivity contribution in [1.82, 2.24) is 5.32 Å². The van der Waals surface area contributed by atoms with Crippen molar-refractivity contribution < 1.29 is 14.7 Å². The molecule has 5 heteroatoms. The van der Waals surface area contributed by atoms with Gasteiger partial charge in [-0.05, 0) is 31.5 Å². The lowest BCUT2D eigenvalue weighted by Gasteiger charge is -2.07. The second-order valence-electron chi connectivity index (χ2n) is 3.86. The third-order valence-electron chi connectivity index (χ3n) is 2.59. The van der Waals surface area contributed by atoms with Crippen LogP contribution < -0.4 is 5.32 Å². The number of benzene rings is 1. The third kappa shape index (κ3) is 3.89. The quantitative estimate of drug-likeness (QED) is 0.823. The summed E-state index contributed by atoms with van der Waals surface area (Å²) >= 11 is 5.74. The topological polar surface area (TPSA) is 66.4 Å². The normalized spacial score (nSPS) is 11.7. The molecule has 0 unspecified atom stereocenters. The van der Waals surface area contributed by atoms with E-state index in [-0.39, 0.29) is 17.1 Å². The van der Waals surface area contributed by atoms with Crippen LogP contribution in [0.5, 0.6) is 0 Å². The van der Waals surface area contributed by atoms with E-state index in [0.717, 1.165) is 5.56 Å². The van der Waals surface area contributed by atoms with E-state index < -0.39 is 5.97 Å². The first-order chi connectivity index (χ1) is 8.41. The number of carboxylic acid groups (broad SMARTS) is 1. The predicted molar refractivity (Wildman–Crippen MR) is 69.3 cm³/mol. The summed E-state index contributed by atoms with van der Waals surface area (Å²) in [5, 5.41) is 12.0. The number of carboxylic acids is 1. The van der Waals surface area contributed by atoms with Gasteiger partial charge in [0.25, 0.3) is 0 Å². The molecule has 18 heavy (non-hydrogen) atoms. The van der Waals surface area contributed by atoms with Crippen molar-refractivity contribution >= 4 is 23.5 Å². The molecule has 0 heterocycles. The molecular weight excluding hydrogens is 254 g/mol. The highest BCUT2D eigenvalue weighted by Gasteiger charge is 2.11. The minimum Gasteiger partial charge on any atom is -0.478 e. The van der Waals surface area contributed by atoms with E-state index in [0.29, 0.717) is 11.6 Å². The molecule has 2 N–H and O–H groups in total. The van der Waals surface area contributed by atoms with Crippen LogP contribution in [-0.2, 0) is 16.1 Å². The zero-order valence-electron chi connectivity index (χ0n) is 10.2. The summed E-state index contributed by atoms with van der Waals surface area (Å²) < 4.78 is 0. The maximum Gasteiger partial charge on any atom is 0.331 e. The summed E-state index contributed by atoms with van der Waals surface area (Å²) in [6, 6.07) is 7.06. The molecule has 0 saturated carbocycles. The van der Waals surface area contributed by atoms with E-state index in [9.17, 15) is 9.59 Å². The summed E-state index contributed by atoms with van der Waals surface area (Å²) in [7, 11) is 0. The molecule has 96 valence electrons. The molecule has 1 amide bonds. The minimum atomic E-state index is -1.09. The Balaban J connectivity index is 2.64. The summed E-state index contributed by atoms with van der Waals surface area (Å²) in [5.74, 6) is -1.47. The van der Waals surface area contributed by atoms with E-state index >= 15 is 0 Å². The van der Waals surface area contributed by atoms with Crippen LogP contribution in [-0.4, -0.2) is 17.0 Å². The molecule has 4 nitrogen and oxygen atoms in total. The second kappa shape index (κ2) is 6.21. The molecule has 0 aliphatic carbocycles. The molecule has 1 aromatic rings. The van der Waals surface area contributed by atoms with Crippen LogP contribution in [0.25, 0.3) is 0 Å². The predicted octanol–water partition coefficient (Wildman–Crippen LogP) is 2.38. The van der Waals surface area contributed by atoms with Gasteiger partial charge in [0.15, 0.2) is 0 Å². The highest BCUT2D eigenvalue weighted by atomic mass is 35.5. The first-order valence-electron chi connectivity index (χ1n) is 5.35. The Hall–Kier alpha value is -1.81. The lowest BCUT2D eigenvalue weighted by Crippen LogP contribution is -2.25. The van der Waals surface area contributed by atoms with Gasteiger partial charge in [-0.25, -0.2) is 4.79 Å². The zero-order chi connectivity index (χ0) is 13.7. The van der Waals surface area contributed by atoms with Gasteiger partial charge in [0.05, 0.1) is 0 Å². The van der Waals surface area contributed by atoms with Gasteiger partial charge in [0.1, 0.15) is 0 Å². The third-order valence-corrected chi connectivity index (χ3v) is 2.84. The van der Waals surface area contributed by atoms with Gasteiger partial charge in [-0.15, -0.1) is 0 Å². The Morgan fingerprint density at radius 2 is 1.72 bits per heavy atom. The van der Waals surface area contributed by atoms with Crippen LogP contribution in [0.2, 0.25) is 5.02 Å². The SMILES string of the molecule is C/C(C(=O)O)=C(\C)C(=O)NCc1ccc(Cl)cc1. The minimum absolute atomic E-state index is 0.0450. The Bertz CT molecular complexity index is 491. The molecule has 0 radical (unpaired) electrons. The number of carbonyl (C=O) groups is 2. The Kier molecular flexibility index (Phi) is 4.92. The van der Waals surface area contributed by atoms with Crippen molar-refractivity contribution in [1.29, 1.82) is 0 Å². The van der Waals surface area contributed by atoms with Gasteiger partial charge < -0.3 is 10.4 Å². The maximum atomic E-state index is 11.7. The summed E-state index contributed by atoms with van der Waals surface area (Å²) in [6.07, 6.45) is 0. The van der Waals surface area contributed by atoms with Gasteiger partial charge in [0, 0.05) is 22.7 Å². The van der Waals surface area contributed by atoms with E-state index in [1.165, 1.54) is 13.8 Å². The van der Waals surface area contributed by atoms with Crippen LogP contribution in [0.4, 0.5) is 0 Å². The Morgan fingerprint density at radius 3 is 2.22 bits per heavy atom. The number of nitrogens with one attached hydrogen (secondary N) is 1. The van der Waals surface area contributed by atoms with Gasteiger partial charge in [-0.3, -0.25) is 4.79 Å². The molecule has 0 aliphatic rings. The first-order valence-corrected chi connectivity index (χ1v) is 5.73. The van der Waals surface area contributed by atoms with Crippen molar-refractivity contribution in [3.8, 4) is 0 Å². The van der Waals surface area contributed by atoms with Crippen LogP contribution in [0, 0.1) is 0 Å². The van der Waals surface area contributed by atoms with Crippen molar-refractivity contribution in [2.75, 3.05) is 0 Å². The number of aliphatic carboxylic acids is 1. The molecule has 0 aliphatic heterocycles. The van der Waals surface area contributed by atoms with E-state index in [1.54, 1.807) is 24.3 Å². The van der Waals surface area contributed by atoms with Gasteiger partial charge >= 0.3 is 5.97 Å². The molecule has 0 spiro atoms. The number of rotatable bonds is 4. The number of hydrogen-bond donors (Lipinski definition) is 2. The summed E-state index contributed by atoms with van der Waals surface area (Å²) in [5.41, 5.74) is 1.15. The fourth-order valence-electron chi connectivity index (χ4n) is 1.25. The number of halogens is 1. The largest absolute Gasteiger partial charge is 0.478 e. The molecular formula is C13H14ClNO3. The maximum absolute atomic E-state index is 11.7. The highest BCUT2D eigenvalue weighted by Crippen LogP contribution is 2.09. The highest BCUT2D eigenvalue weighted by molar-refractivity contribution is 6.30. The smallest absolute Gasteiger partial charge is 0.331 e. The summed E-state index contributed by atoms with van der Waals surface area (Å²) in [4.78, 5) is 22.4. The number of hydrogen-bond acceptors (Lipinski definition) is 2. The fourth-order valence-corrected chi connectivity index (χ4v) is 1.37. The van der Waals surface area contributed by atoms with Gasteiger partial charge in [0.2, 0.25) is 5.91 Å². The average Bonchev–Trinajstić information content (AvgIpc) is 2.35. The van der Waals surface area contributed by atoms with Crippen molar-refractivity contribution in [2.45, 2.75) is 20.4 Å². The van der Waals surface area contributed by atoms with Crippen LogP contribution in [0.15, 0.2) is 35.4 Å². The molecule has 0 bridgehead atoms. The van der Waals surface area contributed by atoms with Crippen molar-refractivity contribution in [3.05, 3.63) is 46.0 Å². The standard InChI is InChI=1S/C13H14ClNO3/c1-8(9(2)13(17)18)12(16)15-7-10-3-5-11(14)6-4-10/h3-6H,7H2,1-2H3,(H,15,16)(H,17,18)/b9-8-. The van der Waals surface area contributed by atoms with Crippen LogP contribution in [0.3, 0.4) is 0 Å². The lowest BCUT2D eigenvalue weighted by atomic mass is 10.1. The van der Waals surface area contributed by atoms with Gasteiger partial charge in [-0.2, -0.15) is 0 Å².